The Kier molecular flexibility index (Phi) is 4.19. The van der Waals surface area contributed by atoms with E-state index in [1.807, 2.05) is 6.07 Å². The maximum absolute atomic E-state index is 8.92. The van der Waals surface area contributed by atoms with E-state index in [-0.39, 0.29) is 6.61 Å². The number of aliphatic hydroxyl groups is 1. The molecule has 0 bridgehead atoms. The summed E-state index contributed by atoms with van der Waals surface area (Å²) in [5.41, 5.74) is 7.41. The van der Waals surface area contributed by atoms with Gasteiger partial charge in [-0.2, -0.15) is 0 Å². The zero-order valence-corrected chi connectivity index (χ0v) is 8.48. The topological polar surface area (TPSA) is 62.4 Å². The first-order chi connectivity index (χ1) is 6.79. The number of nitrogens with zero attached hydrogens (tertiary/aromatic N) is 2. The maximum Gasteiger partial charge on any atom is 0.0738 e. The van der Waals surface area contributed by atoms with Crippen molar-refractivity contribution in [1.82, 2.24) is 4.98 Å². The van der Waals surface area contributed by atoms with Crippen LogP contribution in [-0.4, -0.2) is 29.8 Å². The normalized spacial score (nSPS) is 10.1. The Bertz CT molecular complexity index is 272. The molecule has 0 aliphatic carbocycles. The molecule has 0 spiro atoms. The van der Waals surface area contributed by atoms with Crippen LogP contribution in [0.25, 0.3) is 0 Å². The van der Waals surface area contributed by atoms with E-state index in [4.69, 9.17) is 10.8 Å². The van der Waals surface area contributed by atoms with Crippen LogP contribution in [0.3, 0.4) is 0 Å². The highest BCUT2D eigenvalue weighted by molar-refractivity contribution is 5.65. The van der Waals surface area contributed by atoms with Crippen molar-refractivity contribution < 1.29 is 5.11 Å². The zero-order valence-electron chi connectivity index (χ0n) is 8.48. The minimum absolute atomic E-state index is 0.141. The Hall–Kier alpha value is -1.29. The third-order valence-corrected chi connectivity index (χ3v) is 2.03. The van der Waals surface area contributed by atoms with E-state index in [1.54, 1.807) is 12.4 Å². The van der Waals surface area contributed by atoms with Gasteiger partial charge in [0.2, 0.25) is 0 Å². The van der Waals surface area contributed by atoms with Gasteiger partial charge in [-0.3, -0.25) is 4.98 Å². The molecular weight excluding hydrogens is 178 g/mol. The molecule has 1 heterocycles. The molecule has 14 heavy (non-hydrogen) atoms. The fourth-order valence-corrected chi connectivity index (χ4v) is 1.43. The molecule has 0 aromatic carbocycles. The SMILES string of the molecule is CCCN(CCO)c1ccncc1N. The summed E-state index contributed by atoms with van der Waals surface area (Å²) in [6.45, 7) is 3.75. The van der Waals surface area contributed by atoms with Crippen molar-refractivity contribution in [3.63, 3.8) is 0 Å². The Morgan fingerprint density at radius 3 is 2.86 bits per heavy atom. The number of hydrogen-bond donors (Lipinski definition) is 2. The Morgan fingerprint density at radius 2 is 2.29 bits per heavy atom. The average molecular weight is 195 g/mol. The number of nitrogens with two attached hydrogens (primary N) is 1. The van der Waals surface area contributed by atoms with Gasteiger partial charge in [0.1, 0.15) is 0 Å². The highest BCUT2D eigenvalue weighted by atomic mass is 16.3. The van der Waals surface area contributed by atoms with Crippen molar-refractivity contribution in [2.75, 3.05) is 30.3 Å². The molecule has 3 N–H and O–H groups in total. The molecule has 0 atom stereocenters. The Morgan fingerprint density at radius 1 is 1.50 bits per heavy atom. The molecule has 4 heteroatoms. The van der Waals surface area contributed by atoms with Crippen molar-refractivity contribution >= 4 is 11.4 Å². The molecule has 0 fully saturated rings. The van der Waals surface area contributed by atoms with Crippen molar-refractivity contribution in [3.8, 4) is 0 Å². The predicted molar refractivity (Wildman–Crippen MR) is 58.2 cm³/mol. The largest absolute Gasteiger partial charge is 0.396 e. The molecule has 0 unspecified atom stereocenters. The standard InChI is InChI=1S/C10H17N3O/c1-2-5-13(6-7-14)10-3-4-12-8-9(10)11/h3-4,8,14H,2,5-7,11H2,1H3. The van der Waals surface area contributed by atoms with Gasteiger partial charge in [-0.05, 0) is 12.5 Å². The van der Waals surface area contributed by atoms with Crippen LogP contribution in [0.4, 0.5) is 11.4 Å². The lowest BCUT2D eigenvalue weighted by Gasteiger charge is -2.24. The number of aliphatic hydroxyl groups excluding tert-OH is 1. The van der Waals surface area contributed by atoms with E-state index in [0.717, 1.165) is 18.7 Å². The third kappa shape index (κ3) is 2.60. The number of anilines is 2. The van der Waals surface area contributed by atoms with E-state index in [2.05, 4.69) is 16.8 Å². The lowest BCUT2D eigenvalue weighted by molar-refractivity contribution is 0.302. The quantitative estimate of drug-likeness (QED) is 0.732. The molecule has 0 aliphatic heterocycles. The minimum atomic E-state index is 0.141. The fourth-order valence-electron chi connectivity index (χ4n) is 1.43. The van der Waals surface area contributed by atoms with E-state index < -0.39 is 0 Å². The summed E-state index contributed by atoms with van der Waals surface area (Å²) in [6, 6.07) is 1.88. The second-order valence-electron chi connectivity index (χ2n) is 3.15. The van der Waals surface area contributed by atoms with Crippen LogP contribution in [-0.2, 0) is 0 Å². The molecule has 78 valence electrons. The smallest absolute Gasteiger partial charge is 0.0738 e. The average Bonchev–Trinajstić information content (AvgIpc) is 2.18. The van der Waals surface area contributed by atoms with E-state index in [9.17, 15) is 0 Å². The predicted octanol–water partition coefficient (Wildman–Crippen LogP) is 0.873. The molecule has 0 radical (unpaired) electrons. The first kappa shape index (κ1) is 10.8. The number of nitrogen functional groups attached to an aromatic ring is 1. The highest BCUT2D eigenvalue weighted by Gasteiger charge is 2.07. The van der Waals surface area contributed by atoms with Crippen LogP contribution in [0.2, 0.25) is 0 Å². The first-order valence-electron chi connectivity index (χ1n) is 4.85. The second-order valence-corrected chi connectivity index (χ2v) is 3.15. The molecule has 0 saturated carbocycles. The lowest BCUT2D eigenvalue weighted by Crippen LogP contribution is -2.28. The van der Waals surface area contributed by atoms with Crippen LogP contribution in [0.5, 0.6) is 0 Å². The van der Waals surface area contributed by atoms with Gasteiger partial charge >= 0.3 is 0 Å². The third-order valence-electron chi connectivity index (χ3n) is 2.03. The molecule has 1 aromatic heterocycles. The van der Waals surface area contributed by atoms with Crippen molar-refractivity contribution in [2.24, 2.45) is 0 Å². The molecule has 0 aliphatic rings. The number of pyridine rings is 1. The molecular formula is C10H17N3O. The molecule has 0 amide bonds. The number of aromatic nitrogens is 1. The van der Waals surface area contributed by atoms with Crippen LogP contribution in [0.1, 0.15) is 13.3 Å². The Labute approximate surface area is 84.4 Å². The van der Waals surface area contributed by atoms with Gasteiger partial charge in [0, 0.05) is 19.3 Å². The van der Waals surface area contributed by atoms with Gasteiger partial charge in [-0.1, -0.05) is 6.92 Å². The zero-order chi connectivity index (χ0) is 10.4. The summed E-state index contributed by atoms with van der Waals surface area (Å²) in [7, 11) is 0. The summed E-state index contributed by atoms with van der Waals surface area (Å²) < 4.78 is 0. The van der Waals surface area contributed by atoms with Crippen molar-refractivity contribution in [1.29, 1.82) is 0 Å². The number of hydrogen-bond acceptors (Lipinski definition) is 4. The van der Waals surface area contributed by atoms with Crippen LogP contribution in [0.15, 0.2) is 18.5 Å². The summed E-state index contributed by atoms with van der Waals surface area (Å²) in [5.74, 6) is 0. The summed E-state index contributed by atoms with van der Waals surface area (Å²) in [6.07, 6.45) is 4.38. The lowest BCUT2D eigenvalue weighted by atomic mass is 10.3. The van der Waals surface area contributed by atoms with Gasteiger partial charge in [0.25, 0.3) is 0 Å². The second kappa shape index (κ2) is 5.44. The van der Waals surface area contributed by atoms with Crippen LogP contribution < -0.4 is 10.6 Å². The van der Waals surface area contributed by atoms with Gasteiger partial charge in [-0.15, -0.1) is 0 Å². The van der Waals surface area contributed by atoms with Crippen LogP contribution in [0, 0.1) is 0 Å². The summed E-state index contributed by atoms with van der Waals surface area (Å²) in [5, 5.41) is 8.92. The molecule has 4 nitrogen and oxygen atoms in total. The molecule has 1 rings (SSSR count). The minimum Gasteiger partial charge on any atom is -0.396 e. The van der Waals surface area contributed by atoms with E-state index in [1.165, 1.54) is 0 Å². The molecule has 1 aromatic rings. The van der Waals surface area contributed by atoms with Crippen LogP contribution >= 0.6 is 0 Å². The van der Waals surface area contributed by atoms with Gasteiger partial charge in [-0.25, -0.2) is 0 Å². The number of rotatable bonds is 5. The summed E-state index contributed by atoms with van der Waals surface area (Å²) >= 11 is 0. The van der Waals surface area contributed by atoms with E-state index in [0.29, 0.717) is 12.2 Å². The van der Waals surface area contributed by atoms with Crippen molar-refractivity contribution in [3.05, 3.63) is 18.5 Å². The first-order valence-corrected chi connectivity index (χ1v) is 4.85. The Balaban J connectivity index is 2.81. The van der Waals surface area contributed by atoms with Gasteiger partial charge < -0.3 is 15.7 Å². The van der Waals surface area contributed by atoms with E-state index >= 15 is 0 Å². The molecule has 0 saturated heterocycles. The van der Waals surface area contributed by atoms with Gasteiger partial charge in [0.05, 0.1) is 24.2 Å². The summed E-state index contributed by atoms with van der Waals surface area (Å²) in [4.78, 5) is 6.00. The van der Waals surface area contributed by atoms with Gasteiger partial charge in [0.15, 0.2) is 0 Å². The van der Waals surface area contributed by atoms with Crippen molar-refractivity contribution in [2.45, 2.75) is 13.3 Å². The maximum atomic E-state index is 8.92. The fraction of sp³-hybridized carbons (Fsp3) is 0.500. The monoisotopic (exact) mass is 195 g/mol. The highest BCUT2D eigenvalue weighted by Crippen LogP contribution is 2.20.